The molecule has 1 N–H and O–H groups in total. The van der Waals surface area contributed by atoms with Crippen molar-refractivity contribution in [3.05, 3.63) is 34.6 Å². The maximum absolute atomic E-state index is 13.9. The summed E-state index contributed by atoms with van der Waals surface area (Å²) in [6, 6.07) is 3.92. The predicted octanol–water partition coefficient (Wildman–Crippen LogP) is 3.55. The van der Waals surface area contributed by atoms with Gasteiger partial charge in [0, 0.05) is 17.1 Å². The van der Waals surface area contributed by atoms with Crippen LogP contribution in [0.15, 0.2) is 18.2 Å². The molecule has 1 unspecified atom stereocenters. The lowest BCUT2D eigenvalue weighted by Gasteiger charge is -2.44. The smallest absolute Gasteiger partial charge is 0.321 e. The summed E-state index contributed by atoms with van der Waals surface area (Å²) in [5.41, 5.74) is 0.0417. The van der Waals surface area contributed by atoms with Crippen LogP contribution in [-0.2, 0) is 11.3 Å². The van der Waals surface area contributed by atoms with Crippen LogP contribution in [0.3, 0.4) is 0 Å². The molecule has 0 radical (unpaired) electrons. The highest BCUT2D eigenvalue weighted by molar-refractivity contribution is 6.31. The maximum atomic E-state index is 13.9. The third-order valence-electron chi connectivity index (χ3n) is 4.03. The molecule has 1 aliphatic rings. The van der Waals surface area contributed by atoms with Gasteiger partial charge in [-0.05, 0) is 36.9 Å². The Balaban J connectivity index is 2.29. The Morgan fingerprint density at radius 1 is 1.55 bits per heavy atom. The number of nitrogens with zero attached hydrogens (tertiary/aromatic N) is 1. The zero-order valence-corrected chi connectivity index (χ0v) is 12.5. The lowest BCUT2D eigenvalue weighted by molar-refractivity contribution is -0.151. The summed E-state index contributed by atoms with van der Waals surface area (Å²) >= 11 is 6.03. The number of piperidine rings is 1. The molecule has 0 aliphatic carbocycles. The fourth-order valence-electron chi connectivity index (χ4n) is 3.05. The summed E-state index contributed by atoms with van der Waals surface area (Å²) < 4.78 is 13.9. The van der Waals surface area contributed by atoms with E-state index in [1.54, 1.807) is 12.1 Å². The molecule has 5 heteroatoms. The molecule has 20 heavy (non-hydrogen) atoms. The summed E-state index contributed by atoms with van der Waals surface area (Å²) in [5, 5.41) is 9.84. The van der Waals surface area contributed by atoms with Gasteiger partial charge in [-0.15, -0.1) is 0 Å². The predicted molar refractivity (Wildman–Crippen MR) is 76.3 cm³/mol. The lowest BCUT2D eigenvalue weighted by atomic mass is 9.76. The van der Waals surface area contributed by atoms with Gasteiger partial charge < -0.3 is 5.11 Å². The van der Waals surface area contributed by atoms with E-state index < -0.39 is 12.0 Å². The van der Waals surface area contributed by atoms with E-state index in [1.165, 1.54) is 6.07 Å². The molecule has 1 saturated heterocycles. The number of carboxylic acid groups (broad SMARTS) is 1. The van der Waals surface area contributed by atoms with Crippen LogP contribution in [0.4, 0.5) is 4.39 Å². The molecular weight excluding hydrogens is 281 g/mol. The summed E-state index contributed by atoms with van der Waals surface area (Å²) in [4.78, 5) is 13.4. The number of carboxylic acids is 1. The zero-order valence-electron chi connectivity index (χ0n) is 11.7. The van der Waals surface area contributed by atoms with Gasteiger partial charge in [-0.2, -0.15) is 0 Å². The van der Waals surface area contributed by atoms with Crippen molar-refractivity contribution in [2.75, 3.05) is 6.54 Å². The van der Waals surface area contributed by atoms with Gasteiger partial charge >= 0.3 is 5.97 Å². The molecule has 0 spiro atoms. The average Bonchev–Trinajstić information content (AvgIpc) is 2.32. The standard InChI is InChI=1S/C15H19ClFNO2/c1-15(2)7-4-8-18(13(15)14(19)20)9-10-11(16)5-3-6-12(10)17/h3,5-6,13H,4,7-9H2,1-2H3,(H,19,20). The molecule has 0 aromatic heterocycles. The Labute approximate surface area is 123 Å². The number of benzene rings is 1. The van der Waals surface area contributed by atoms with Gasteiger partial charge in [0.1, 0.15) is 11.9 Å². The molecule has 1 heterocycles. The van der Waals surface area contributed by atoms with E-state index in [9.17, 15) is 14.3 Å². The second-order valence-corrected chi connectivity index (χ2v) is 6.41. The number of rotatable bonds is 3. The lowest BCUT2D eigenvalue weighted by Crippen LogP contribution is -2.53. The second kappa shape index (κ2) is 5.70. The summed E-state index contributed by atoms with van der Waals surface area (Å²) in [6.07, 6.45) is 1.76. The SMILES string of the molecule is CC1(C)CCCN(Cc2c(F)cccc2Cl)C1C(=O)O. The van der Waals surface area contributed by atoms with Crippen molar-refractivity contribution in [2.45, 2.75) is 39.3 Å². The molecule has 0 amide bonds. The number of hydrogen-bond donors (Lipinski definition) is 1. The van der Waals surface area contributed by atoms with Crippen molar-refractivity contribution in [3.8, 4) is 0 Å². The molecule has 1 aromatic carbocycles. The summed E-state index contributed by atoms with van der Waals surface area (Å²) in [7, 11) is 0. The molecular formula is C15H19ClFNO2. The minimum Gasteiger partial charge on any atom is -0.480 e. The second-order valence-electron chi connectivity index (χ2n) is 6.00. The van der Waals surface area contributed by atoms with E-state index in [0.717, 1.165) is 12.8 Å². The fourth-order valence-corrected chi connectivity index (χ4v) is 3.27. The number of likely N-dealkylation sites (tertiary alicyclic amines) is 1. The highest BCUT2D eigenvalue weighted by atomic mass is 35.5. The van der Waals surface area contributed by atoms with E-state index >= 15 is 0 Å². The molecule has 2 rings (SSSR count). The Bertz CT molecular complexity index is 498. The molecule has 1 fully saturated rings. The quantitative estimate of drug-likeness (QED) is 0.928. The maximum Gasteiger partial charge on any atom is 0.321 e. The minimum atomic E-state index is -0.859. The number of hydrogen-bond acceptors (Lipinski definition) is 2. The van der Waals surface area contributed by atoms with Crippen LogP contribution in [0.2, 0.25) is 5.02 Å². The Morgan fingerprint density at radius 3 is 2.85 bits per heavy atom. The molecule has 1 atom stereocenters. The number of halogens is 2. The molecule has 1 aliphatic heterocycles. The van der Waals surface area contributed by atoms with E-state index in [2.05, 4.69) is 0 Å². The van der Waals surface area contributed by atoms with Crippen molar-refractivity contribution in [2.24, 2.45) is 5.41 Å². The molecule has 0 bridgehead atoms. The third kappa shape index (κ3) is 2.96. The molecule has 0 saturated carbocycles. The largest absolute Gasteiger partial charge is 0.480 e. The van der Waals surface area contributed by atoms with E-state index in [-0.39, 0.29) is 17.8 Å². The Kier molecular flexibility index (Phi) is 4.35. The molecule has 1 aromatic rings. The molecule has 110 valence electrons. The third-order valence-corrected chi connectivity index (χ3v) is 4.38. The van der Waals surface area contributed by atoms with Crippen molar-refractivity contribution < 1.29 is 14.3 Å². The topological polar surface area (TPSA) is 40.5 Å². The normalized spacial score (nSPS) is 22.7. The van der Waals surface area contributed by atoms with Crippen molar-refractivity contribution in [1.29, 1.82) is 0 Å². The van der Waals surface area contributed by atoms with Crippen LogP contribution < -0.4 is 0 Å². The van der Waals surface area contributed by atoms with Gasteiger partial charge in [-0.1, -0.05) is 31.5 Å². The van der Waals surface area contributed by atoms with Gasteiger partial charge in [0.2, 0.25) is 0 Å². The van der Waals surface area contributed by atoms with Gasteiger partial charge in [0.05, 0.1) is 0 Å². The summed E-state index contributed by atoms with van der Waals surface area (Å²) in [6.45, 7) is 4.76. The van der Waals surface area contributed by atoms with Crippen LogP contribution in [0.25, 0.3) is 0 Å². The van der Waals surface area contributed by atoms with Crippen LogP contribution in [0, 0.1) is 11.2 Å². The van der Waals surface area contributed by atoms with Gasteiger partial charge in [0.15, 0.2) is 0 Å². The van der Waals surface area contributed by atoms with E-state index in [1.807, 2.05) is 18.7 Å². The van der Waals surface area contributed by atoms with Gasteiger partial charge in [-0.3, -0.25) is 9.69 Å². The first kappa shape index (κ1) is 15.3. The highest BCUT2D eigenvalue weighted by Crippen LogP contribution is 2.36. The first-order valence-electron chi connectivity index (χ1n) is 6.72. The molecule has 3 nitrogen and oxygen atoms in total. The van der Waals surface area contributed by atoms with Crippen molar-refractivity contribution >= 4 is 17.6 Å². The minimum absolute atomic E-state index is 0.228. The van der Waals surface area contributed by atoms with Gasteiger partial charge in [-0.25, -0.2) is 4.39 Å². The van der Waals surface area contributed by atoms with Crippen LogP contribution >= 0.6 is 11.6 Å². The fraction of sp³-hybridized carbons (Fsp3) is 0.533. The van der Waals surface area contributed by atoms with Gasteiger partial charge in [0.25, 0.3) is 0 Å². The van der Waals surface area contributed by atoms with E-state index in [0.29, 0.717) is 17.1 Å². The first-order valence-corrected chi connectivity index (χ1v) is 7.10. The van der Waals surface area contributed by atoms with Crippen LogP contribution in [-0.4, -0.2) is 28.6 Å². The van der Waals surface area contributed by atoms with E-state index in [4.69, 9.17) is 11.6 Å². The summed E-state index contributed by atoms with van der Waals surface area (Å²) in [5.74, 6) is -1.24. The Hall–Kier alpha value is -1.13. The zero-order chi connectivity index (χ0) is 14.9. The monoisotopic (exact) mass is 299 g/mol. The number of aliphatic carboxylic acids is 1. The highest BCUT2D eigenvalue weighted by Gasteiger charge is 2.42. The Morgan fingerprint density at radius 2 is 2.25 bits per heavy atom. The van der Waals surface area contributed by atoms with Crippen molar-refractivity contribution in [1.82, 2.24) is 4.90 Å². The van der Waals surface area contributed by atoms with Crippen molar-refractivity contribution in [3.63, 3.8) is 0 Å². The average molecular weight is 300 g/mol. The first-order chi connectivity index (χ1) is 9.33. The van der Waals surface area contributed by atoms with Crippen LogP contribution in [0.1, 0.15) is 32.3 Å². The number of carbonyl (C=O) groups is 1. The van der Waals surface area contributed by atoms with Crippen LogP contribution in [0.5, 0.6) is 0 Å².